The van der Waals surface area contributed by atoms with E-state index in [2.05, 4.69) is 4.98 Å². The van der Waals surface area contributed by atoms with Gasteiger partial charge in [-0.2, -0.15) is 0 Å². The summed E-state index contributed by atoms with van der Waals surface area (Å²) in [6.07, 6.45) is 1.64. The second-order valence-corrected chi connectivity index (χ2v) is 5.80. The normalized spacial score (nSPS) is 10.8. The maximum absolute atomic E-state index is 11.9. The quantitative estimate of drug-likeness (QED) is 0.568. The van der Waals surface area contributed by atoms with Gasteiger partial charge in [0.05, 0.1) is 24.1 Å². The molecule has 1 N–H and O–H groups in total. The van der Waals surface area contributed by atoms with Crippen LogP contribution in [0, 0.1) is 0 Å². The van der Waals surface area contributed by atoms with Gasteiger partial charge in [0.2, 0.25) is 0 Å². The van der Waals surface area contributed by atoms with Gasteiger partial charge in [0.25, 0.3) is 0 Å². The summed E-state index contributed by atoms with van der Waals surface area (Å²) in [7, 11) is 1.95. The lowest BCUT2D eigenvalue weighted by Gasteiger charge is -2.17. The fourth-order valence-electron chi connectivity index (χ4n) is 2.22. The molecule has 0 bridgehead atoms. The van der Waals surface area contributed by atoms with Crippen molar-refractivity contribution < 1.29 is 13.9 Å². The molecule has 3 aromatic rings. The molecular formula is C16H16N2O3S. The van der Waals surface area contributed by atoms with E-state index in [1.54, 1.807) is 13.2 Å². The van der Waals surface area contributed by atoms with Crippen LogP contribution in [0.1, 0.15) is 17.4 Å². The number of aromatic nitrogens is 1. The van der Waals surface area contributed by atoms with E-state index in [1.165, 1.54) is 11.9 Å². The van der Waals surface area contributed by atoms with Crippen LogP contribution in [0.3, 0.4) is 0 Å². The monoisotopic (exact) mass is 316 g/mol. The number of hydrogen-bond acceptors (Lipinski definition) is 5. The SMILES string of the molecule is CCOC(=O)c1cc2cccc(N(C)Sc3ccco3)c2[nH]1. The number of hydrogen-bond donors (Lipinski definition) is 1. The molecule has 114 valence electrons. The van der Waals surface area contributed by atoms with E-state index in [0.717, 1.165) is 21.7 Å². The third-order valence-electron chi connectivity index (χ3n) is 3.19. The van der Waals surface area contributed by atoms with E-state index < -0.39 is 0 Å². The summed E-state index contributed by atoms with van der Waals surface area (Å²) >= 11 is 1.48. The molecule has 0 amide bonds. The number of fused-ring (bicyclic) bond motifs is 1. The second kappa shape index (κ2) is 6.19. The van der Waals surface area contributed by atoms with Crippen LogP contribution in [0.4, 0.5) is 5.69 Å². The van der Waals surface area contributed by atoms with Crippen molar-refractivity contribution in [1.82, 2.24) is 4.98 Å². The van der Waals surface area contributed by atoms with Crippen LogP contribution in [0.25, 0.3) is 10.9 Å². The van der Waals surface area contributed by atoms with Gasteiger partial charge in [0.1, 0.15) is 5.69 Å². The second-order valence-electron chi connectivity index (χ2n) is 4.67. The third kappa shape index (κ3) is 2.82. The first-order chi connectivity index (χ1) is 10.7. The first-order valence-corrected chi connectivity index (χ1v) is 7.70. The zero-order valence-electron chi connectivity index (χ0n) is 12.3. The molecule has 22 heavy (non-hydrogen) atoms. The zero-order valence-corrected chi connectivity index (χ0v) is 13.1. The highest BCUT2D eigenvalue weighted by Gasteiger charge is 2.15. The van der Waals surface area contributed by atoms with Crippen molar-refractivity contribution in [2.24, 2.45) is 0 Å². The molecule has 0 unspecified atom stereocenters. The fraction of sp³-hybridized carbons (Fsp3) is 0.188. The van der Waals surface area contributed by atoms with Gasteiger partial charge in [0.15, 0.2) is 5.09 Å². The Bertz CT molecular complexity index is 780. The van der Waals surface area contributed by atoms with Crippen LogP contribution < -0.4 is 4.31 Å². The number of ether oxygens (including phenoxy) is 1. The molecule has 0 spiro atoms. The number of aromatic amines is 1. The minimum atomic E-state index is -0.342. The van der Waals surface area contributed by atoms with Crippen molar-refractivity contribution in [3.05, 3.63) is 48.4 Å². The van der Waals surface area contributed by atoms with Gasteiger partial charge in [-0.1, -0.05) is 12.1 Å². The van der Waals surface area contributed by atoms with Gasteiger partial charge in [-0.15, -0.1) is 0 Å². The number of esters is 1. The smallest absolute Gasteiger partial charge is 0.354 e. The number of anilines is 1. The Kier molecular flexibility index (Phi) is 4.11. The molecule has 0 fully saturated rings. The fourth-order valence-corrected chi connectivity index (χ4v) is 2.98. The molecular weight excluding hydrogens is 300 g/mol. The zero-order chi connectivity index (χ0) is 15.5. The summed E-state index contributed by atoms with van der Waals surface area (Å²) in [5, 5.41) is 1.77. The molecule has 6 heteroatoms. The van der Waals surface area contributed by atoms with Gasteiger partial charge in [-0.05, 0) is 31.2 Å². The molecule has 0 aliphatic carbocycles. The van der Waals surface area contributed by atoms with E-state index in [-0.39, 0.29) is 5.97 Å². The lowest BCUT2D eigenvalue weighted by Crippen LogP contribution is -2.07. The predicted octanol–water partition coefficient (Wildman–Crippen LogP) is 4.08. The molecule has 0 aliphatic heterocycles. The number of rotatable bonds is 5. The Morgan fingerprint density at radius 1 is 1.36 bits per heavy atom. The summed E-state index contributed by atoms with van der Waals surface area (Å²) in [6, 6.07) is 11.5. The largest absolute Gasteiger partial charge is 0.461 e. The van der Waals surface area contributed by atoms with Crippen LogP contribution in [-0.4, -0.2) is 24.6 Å². The summed E-state index contributed by atoms with van der Waals surface area (Å²) in [5.74, 6) is -0.342. The molecule has 0 saturated carbocycles. The number of H-pyrrole nitrogens is 1. The molecule has 5 nitrogen and oxygen atoms in total. The van der Waals surface area contributed by atoms with Crippen LogP contribution in [0.15, 0.2) is 52.2 Å². The predicted molar refractivity (Wildman–Crippen MR) is 87.2 cm³/mol. The van der Waals surface area contributed by atoms with Crippen LogP contribution in [-0.2, 0) is 4.74 Å². The highest BCUT2D eigenvalue weighted by atomic mass is 32.2. The summed E-state index contributed by atoms with van der Waals surface area (Å²) in [6.45, 7) is 2.15. The Labute approximate surface area is 132 Å². The maximum Gasteiger partial charge on any atom is 0.354 e. The van der Waals surface area contributed by atoms with Crippen molar-refractivity contribution in [2.75, 3.05) is 18.0 Å². The summed E-state index contributed by atoms with van der Waals surface area (Å²) in [5.41, 5.74) is 2.32. The molecule has 3 rings (SSSR count). The van der Waals surface area contributed by atoms with Crippen molar-refractivity contribution in [3.63, 3.8) is 0 Å². The first kappa shape index (κ1) is 14.6. The van der Waals surface area contributed by atoms with Crippen molar-refractivity contribution in [3.8, 4) is 0 Å². The van der Waals surface area contributed by atoms with Crippen LogP contribution in [0.2, 0.25) is 0 Å². The average molecular weight is 316 g/mol. The van der Waals surface area contributed by atoms with Crippen molar-refractivity contribution >= 4 is 34.5 Å². The lowest BCUT2D eigenvalue weighted by atomic mass is 10.2. The average Bonchev–Trinajstić information content (AvgIpc) is 3.15. The number of carbonyl (C=O) groups excluding carboxylic acids is 1. The Morgan fingerprint density at radius 3 is 2.95 bits per heavy atom. The summed E-state index contributed by atoms with van der Waals surface area (Å²) in [4.78, 5) is 15.0. The molecule has 0 atom stereocenters. The Hall–Kier alpha value is -2.34. The number of furan rings is 1. The topological polar surface area (TPSA) is 58.5 Å². The van der Waals surface area contributed by atoms with Crippen LogP contribution >= 0.6 is 11.9 Å². The Morgan fingerprint density at radius 2 is 2.23 bits per heavy atom. The standard InChI is InChI=1S/C16H16N2O3S/c1-3-20-16(19)12-10-11-6-4-7-13(15(11)17-12)18(2)22-14-8-5-9-21-14/h4-10,17H,3H2,1-2H3. The van der Waals surface area contributed by atoms with Gasteiger partial charge in [0, 0.05) is 24.4 Å². The van der Waals surface area contributed by atoms with E-state index in [4.69, 9.17) is 9.15 Å². The molecule has 0 saturated heterocycles. The highest BCUT2D eigenvalue weighted by molar-refractivity contribution is 8.00. The van der Waals surface area contributed by atoms with Crippen molar-refractivity contribution in [1.29, 1.82) is 0 Å². The number of nitrogens with zero attached hydrogens (tertiary/aromatic N) is 1. The minimum Gasteiger partial charge on any atom is -0.461 e. The van der Waals surface area contributed by atoms with Crippen molar-refractivity contribution in [2.45, 2.75) is 12.0 Å². The minimum absolute atomic E-state index is 0.342. The molecule has 2 heterocycles. The first-order valence-electron chi connectivity index (χ1n) is 6.93. The molecule has 1 aromatic carbocycles. The van der Waals surface area contributed by atoms with Gasteiger partial charge in [-0.25, -0.2) is 4.79 Å². The number of carbonyl (C=O) groups is 1. The van der Waals surface area contributed by atoms with Crippen LogP contribution in [0.5, 0.6) is 0 Å². The molecule has 2 aromatic heterocycles. The maximum atomic E-state index is 11.9. The molecule has 0 radical (unpaired) electrons. The number of nitrogens with one attached hydrogen (secondary N) is 1. The summed E-state index contributed by atoms with van der Waals surface area (Å²) < 4.78 is 12.4. The Balaban J connectivity index is 1.94. The van der Waals surface area contributed by atoms with Gasteiger partial charge in [-0.3, -0.25) is 0 Å². The highest BCUT2D eigenvalue weighted by Crippen LogP contribution is 2.33. The van der Waals surface area contributed by atoms with E-state index in [9.17, 15) is 4.79 Å². The van der Waals surface area contributed by atoms with E-state index >= 15 is 0 Å². The third-order valence-corrected chi connectivity index (χ3v) is 4.07. The van der Waals surface area contributed by atoms with Gasteiger partial charge >= 0.3 is 5.97 Å². The molecule has 0 aliphatic rings. The van der Waals surface area contributed by atoms with E-state index in [0.29, 0.717) is 12.3 Å². The number of benzene rings is 1. The van der Waals surface area contributed by atoms with E-state index in [1.807, 2.05) is 47.8 Å². The number of para-hydroxylation sites is 1. The van der Waals surface area contributed by atoms with Gasteiger partial charge < -0.3 is 18.4 Å². The lowest BCUT2D eigenvalue weighted by molar-refractivity contribution is 0.0520.